The Kier molecular flexibility index (Phi) is 4.27. The first-order valence-corrected chi connectivity index (χ1v) is 6.31. The summed E-state index contributed by atoms with van der Waals surface area (Å²) in [6.45, 7) is 6.25. The third-order valence-corrected chi connectivity index (χ3v) is 3.31. The molecule has 3 heteroatoms. The maximum absolute atomic E-state index is 10.2. The molecule has 17 heavy (non-hydrogen) atoms. The predicted molar refractivity (Wildman–Crippen MR) is 75.0 cm³/mol. The number of nitrogens with two attached hydrogens (primary N) is 1. The van der Waals surface area contributed by atoms with Crippen molar-refractivity contribution in [1.82, 2.24) is 0 Å². The second-order valence-electron chi connectivity index (χ2n) is 4.50. The Balaban J connectivity index is 3.69. The summed E-state index contributed by atoms with van der Waals surface area (Å²) >= 11 is 0. The van der Waals surface area contributed by atoms with Crippen LogP contribution >= 0.6 is 0 Å². The molecule has 0 heterocycles. The van der Waals surface area contributed by atoms with Gasteiger partial charge in [0.05, 0.1) is 5.69 Å². The number of hydrogen-bond donors (Lipinski definition) is 2. The Morgan fingerprint density at radius 1 is 0.941 bits per heavy atom. The molecule has 0 radical (unpaired) electrons. The molecule has 1 aromatic rings. The van der Waals surface area contributed by atoms with Gasteiger partial charge in [0.25, 0.3) is 0 Å². The van der Waals surface area contributed by atoms with Crippen molar-refractivity contribution in [3.8, 4) is 5.75 Å². The van der Waals surface area contributed by atoms with E-state index < -0.39 is 0 Å². The molecule has 0 aliphatic carbocycles. The van der Waals surface area contributed by atoms with Crippen LogP contribution in [0.5, 0.6) is 5.75 Å². The van der Waals surface area contributed by atoms with E-state index >= 15 is 0 Å². The molecule has 0 aliphatic rings. The highest BCUT2D eigenvalue weighted by molar-refractivity contribution is 5.77. The minimum Gasteiger partial charge on any atom is -0.505 e. The van der Waals surface area contributed by atoms with E-state index in [9.17, 15) is 5.11 Å². The molecule has 1 aromatic carbocycles. The lowest BCUT2D eigenvalue weighted by molar-refractivity contribution is 0.470. The number of nitrogen functional groups attached to an aromatic ring is 1. The largest absolute Gasteiger partial charge is 0.505 e. The van der Waals surface area contributed by atoms with E-state index in [1.54, 1.807) is 0 Å². The average molecular weight is 236 g/mol. The van der Waals surface area contributed by atoms with Crippen molar-refractivity contribution in [3.05, 3.63) is 16.7 Å². The highest BCUT2D eigenvalue weighted by atomic mass is 16.3. The SMILES string of the molecule is CCc1c(O)c(N)c(CC)c(N(C)C)c1CC. The van der Waals surface area contributed by atoms with Crippen LogP contribution < -0.4 is 10.6 Å². The summed E-state index contributed by atoms with van der Waals surface area (Å²) in [7, 11) is 4.06. The number of phenolic OH excluding ortho intramolecular Hbond substituents is 1. The van der Waals surface area contributed by atoms with Crippen LogP contribution in [0.25, 0.3) is 0 Å². The number of aromatic hydroxyl groups is 1. The van der Waals surface area contributed by atoms with Crippen LogP contribution in [0.1, 0.15) is 37.5 Å². The molecule has 96 valence electrons. The third kappa shape index (κ3) is 2.19. The van der Waals surface area contributed by atoms with Gasteiger partial charge in [0.2, 0.25) is 0 Å². The Morgan fingerprint density at radius 3 is 1.76 bits per heavy atom. The third-order valence-electron chi connectivity index (χ3n) is 3.31. The van der Waals surface area contributed by atoms with Crippen LogP contribution in [0.3, 0.4) is 0 Å². The van der Waals surface area contributed by atoms with Crippen molar-refractivity contribution in [2.45, 2.75) is 40.0 Å². The van der Waals surface area contributed by atoms with E-state index in [0.717, 1.165) is 30.4 Å². The van der Waals surface area contributed by atoms with E-state index in [2.05, 4.69) is 25.7 Å². The van der Waals surface area contributed by atoms with Crippen molar-refractivity contribution < 1.29 is 5.11 Å². The van der Waals surface area contributed by atoms with Crippen LogP contribution in [-0.2, 0) is 19.3 Å². The highest BCUT2D eigenvalue weighted by Gasteiger charge is 2.20. The molecular weight excluding hydrogens is 212 g/mol. The first kappa shape index (κ1) is 13.7. The van der Waals surface area contributed by atoms with Crippen molar-refractivity contribution in [3.63, 3.8) is 0 Å². The zero-order valence-corrected chi connectivity index (χ0v) is 11.6. The smallest absolute Gasteiger partial charge is 0.142 e. The molecule has 0 spiro atoms. The molecule has 0 atom stereocenters. The van der Waals surface area contributed by atoms with Gasteiger partial charge in [-0.25, -0.2) is 0 Å². The Morgan fingerprint density at radius 2 is 1.41 bits per heavy atom. The van der Waals surface area contributed by atoms with Gasteiger partial charge < -0.3 is 15.7 Å². The molecule has 0 fully saturated rings. The second kappa shape index (κ2) is 5.30. The molecule has 0 amide bonds. The Hall–Kier alpha value is -1.38. The summed E-state index contributed by atoms with van der Waals surface area (Å²) in [5, 5.41) is 10.2. The monoisotopic (exact) mass is 236 g/mol. The van der Waals surface area contributed by atoms with Gasteiger partial charge in [-0.1, -0.05) is 20.8 Å². The van der Waals surface area contributed by atoms with Gasteiger partial charge in [-0.2, -0.15) is 0 Å². The maximum Gasteiger partial charge on any atom is 0.142 e. The molecule has 1 rings (SSSR count). The number of rotatable bonds is 4. The van der Waals surface area contributed by atoms with Gasteiger partial charge in [-0.15, -0.1) is 0 Å². The lowest BCUT2D eigenvalue weighted by Gasteiger charge is -2.26. The fourth-order valence-electron chi connectivity index (χ4n) is 2.56. The van der Waals surface area contributed by atoms with E-state index in [4.69, 9.17) is 5.73 Å². The minimum absolute atomic E-state index is 0.284. The van der Waals surface area contributed by atoms with Gasteiger partial charge in [0, 0.05) is 30.9 Å². The van der Waals surface area contributed by atoms with Gasteiger partial charge in [-0.3, -0.25) is 0 Å². The summed E-state index contributed by atoms with van der Waals surface area (Å²) in [6, 6.07) is 0. The molecule has 3 nitrogen and oxygen atoms in total. The lowest BCUT2D eigenvalue weighted by atomic mass is 9.92. The van der Waals surface area contributed by atoms with E-state index in [1.807, 2.05) is 14.1 Å². The fourth-order valence-corrected chi connectivity index (χ4v) is 2.56. The summed E-state index contributed by atoms with van der Waals surface area (Å²) in [5.41, 5.74) is 11.1. The van der Waals surface area contributed by atoms with Crippen LogP contribution in [0.4, 0.5) is 11.4 Å². The Bertz CT molecular complexity index is 411. The maximum atomic E-state index is 10.2. The van der Waals surface area contributed by atoms with Gasteiger partial charge in [-0.05, 0) is 24.8 Å². The van der Waals surface area contributed by atoms with Gasteiger partial charge in [0.1, 0.15) is 5.75 Å². The average Bonchev–Trinajstić information content (AvgIpc) is 2.31. The number of benzene rings is 1. The van der Waals surface area contributed by atoms with Crippen molar-refractivity contribution in [2.24, 2.45) is 0 Å². The van der Waals surface area contributed by atoms with Gasteiger partial charge >= 0.3 is 0 Å². The van der Waals surface area contributed by atoms with Gasteiger partial charge in [0.15, 0.2) is 0 Å². The predicted octanol–water partition coefficient (Wildman–Crippen LogP) is 2.73. The summed E-state index contributed by atoms with van der Waals surface area (Å²) in [6.07, 6.45) is 2.56. The topological polar surface area (TPSA) is 49.5 Å². The standard InChI is InChI=1S/C14H24N2O/c1-6-9-10(7-2)14(17)12(15)11(8-3)13(9)16(4)5/h17H,6-8,15H2,1-5H3. The number of hydrogen-bond acceptors (Lipinski definition) is 3. The number of anilines is 2. The van der Waals surface area contributed by atoms with E-state index in [1.165, 1.54) is 11.3 Å². The van der Waals surface area contributed by atoms with Crippen LogP contribution in [-0.4, -0.2) is 19.2 Å². The fraction of sp³-hybridized carbons (Fsp3) is 0.571. The lowest BCUT2D eigenvalue weighted by Crippen LogP contribution is -2.16. The van der Waals surface area contributed by atoms with Crippen molar-refractivity contribution in [2.75, 3.05) is 24.7 Å². The summed E-state index contributed by atoms with van der Waals surface area (Å²) < 4.78 is 0. The molecule has 3 N–H and O–H groups in total. The first-order valence-electron chi connectivity index (χ1n) is 6.31. The van der Waals surface area contributed by atoms with E-state index in [0.29, 0.717) is 5.69 Å². The minimum atomic E-state index is 0.284. The molecule has 0 unspecified atom stereocenters. The molecule has 0 bridgehead atoms. The van der Waals surface area contributed by atoms with E-state index in [-0.39, 0.29) is 5.75 Å². The highest BCUT2D eigenvalue weighted by Crippen LogP contribution is 2.40. The van der Waals surface area contributed by atoms with Crippen molar-refractivity contribution in [1.29, 1.82) is 0 Å². The zero-order valence-electron chi connectivity index (χ0n) is 11.6. The molecule has 0 saturated heterocycles. The summed E-state index contributed by atoms with van der Waals surface area (Å²) in [4.78, 5) is 2.10. The molecule has 0 aromatic heterocycles. The molecule has 0 saturated carbocycles. The van der Waals surface area contributed by atoms with Crippen LogP contribution in [0.2, 0.25) is 0 Å². The second-order valence-corrected chi connectivity index (χ2v) is 4.50. The molecular formula is C14H24N2O. The normalized spacial score (nSPS) is 10.6. The Labute approximate surface area is 104 Å². The number of nitrogens with zero attached hydrogens (tertiary/aromatic N) is 1. The molecule has 0 aliphatic heterocycles. The zero-order chi connectivity index (χ0) is 13.2. The number of phenols is 1. The van der Waals surface area contributed by atoms with Crippen LogP contribution in [0, 0.1) is 0 Å². The first-order chi connectivity index (χ1) is 7.99. The van der Waals surface area contributed by atoms with Crippen LogP contribution in [0.15, 0.2) is 0 Å². The summed E-state index contributed by atoms with van der Waals surface area (Å²) in [5.74, 6) is 0.284. The quantitative estimate of drug-likeness (QED) is 0.624. The van der Waals surface area contributed by atoms with Crippen molar-refractivity contribution >= 4 is 11.4 Å².